The van der Waals surface area contributed by atoms with E-state index in [0.29, 0.717) is 19.8 Å². The lowest BCUT2D eigenvalue weighted by Crippen LogP contribution is -2.37. The smallest absolute Gasteiger partial charge is 0.251 e. The molecule has 25 heavy (non-hydrogen) atoms. The van der Waals surface area contributed by atoms with Crippen LogP contribution >= 0.6 is 11.8 Å². The molecular formula is C19H23N3O2S. The second kappa shape index (κ2) is 8.36. The summed E-state index contributed by atoms with van der Waals surface area (Å²) in [5.74, 6) is 0.880. The number of nitrogens with zero attached hydrogens (tertiary/aromatic N) is 2. The van der Waals surface area contributed by atoms with E-state index >= 15 is 0 Å². The van der Waals surface area contributed by atoms with Gasteiger partial charge in [-0.3, -0.25) is 4.79 Å². The van der Waals surface area contributed by atoms with Crippen molar-refractivity contribution in [2.45, 2.75) is 18.4 Å². The standard InChI is InChI=1S/C19H23N3O2S/c1-14-5-6-16(25-2)12-17(14)19(23)21-13-15-4-3-7-20-18(15)22-8-10-24-11-9-22/h3-7,12H,8-11,13H2,1-2H3,(H,21,23). The van der Waals surface area contributed by atoms with E-state index in [2.05, 4.69) is 15.2 Å². The molecule has 6 heteroatoms. The van der Waals surface area contributed by atoms with Crippen LogP contribution in [0.4, 0.5) is 5.82 Å². The first-order valence-corrected chi connectivity index (χ1v) is 9.61. The van der Waals surface area contributed by atoms with E-state index in [9.17, 15) is 4.79 Å². The summed E-state index contributed by atoms with van der Waals surface area (Å²) in [7, 11) is 0. The summed E-state index contributed by atoms with van der Waals surface area (Å²) < 4.78 is 5.41. The number of rotatable bonds is 5. The van der Waals surface area contributed by atoms with Gasteiger partial charge in [0, 0.05) is 41.9 Å². The van der Waals surface area contributed by atoms with Crippen LogP contribution in [-0.4, -0.2) is 43.5 Å². The number of morpholine rings is 1. The van der Waals surface area contributed by atoms with Crippen LogP contribution in [0.2, 0.25) is 0 Å². The molecule has 0 bridgehead atoms. The van der Waals surface area contributed by atoms with Crippen LogP contribution in [0.15, 0.2) is 41.4 Å². The van der Waals surface area contributed by atoms with Crippen molar-refractivity contribution in [3.05, 3.63) is 53.2 Å². The SMILES string of the molecule is CSc1ccc(C)c(C(=O)NCc2cccnc2N2CCOCC2)c1. The van der Waals surface area contributed by atoms with Gasteiger partial charge in [-0.05, 0) is 36.9 Å². The highest BCUT2D eigenvalue weighted by molar-refractivity contribution is 7.98. The number of ether oxygens (including phenoxy) is 1. The van der Waals surface area contributed by atoms with Gasteiger partial charge >= 0.3 is 0 Å². The number of benzene rings is 1. The third kappa shape index (κ3) is 4.32. The molecule has 1 N–H and O–H groups in total. The number of amides is 1. The van der Waals surface area contributed by atoms with Gasteiger partial charge in [0.25, 0.3) is 5.91 Å². The van der Waals surface area contributed by atoms with Gasteiger partial charge in [-0.2, -0.15) is 0 Å². The summed E-state index contributed by atoms with van der Waals surface area (Å²) in [6.07, 6.45) is 3.80. The van der Waals surface area contributed by atoms with E-state index in [1.165, 1.54) is 0 Å². The maximum absolute atomic E-state index is 12.6. The molecule has 3 rings (SSSR count). The van der Waals surface area contributed by atoms with Crippen molar-refractivity contribution in [1.29, 1.82) is 0 Å². The maximum Gasteiger partial charge on any atom is 0.251 e. The number of nitrogens with one attached hydrogen (secondary N) is 1. The minimum absolute atomic E-state index is 0.0508. The molecule has 0 unspecified atom stereocenters. The van der Waals surface area contributed by atoms with Crippen LogP contribution in [-0.2, 0) is 11.3 Å². The third-order valence-corrected chi connectivity index (χ3v) is 5.03. The molecule has 1 amide bonds. The summed E-state index contributed by atoms with van der Waals surface area (Å²) in [6.45, 7) is 5.50. The van der Waals surface area contributed by atoms with Crippen LogP contribution in [0.1, 0.15) is 21.5 Å². The van der Waals surface area contributed by atoms with Crippen LogP contribution in [0.5, 0.6) is 0 Å². The number of anilines is 1. The Morgan fingerprint density at radius 1 is 1.32 bits per heavy atom. The van der Waals surface area contributed by atoms with Crippen LogP contribution < -0.4 is 10.2 Å². The van der Waals surface area contributed by atoms with E-state index in [4.69, 9.17) is 4.74 Å². The van der Waals surface area contributed by atoms with Gasteiger partial charge in [0.1, 0.15) is 5.82 Å². The predicted octanol–water partition coefficient (Wildman–Crippen LogP) is 2.88. The fraction of sp³-hybridized carbons (Fsp3) is 0.368. The summed E-state index contributed by atoms with van der Waals surface area (Å²) >= 11 is 1.64. The number of hydrogen-bond donors (Lipinski definition) is 1. The second-order valence-electron chi connectivity index (χ2n) is 5.95. The van der Waals surface area contributed by atoms with Crippen molar-refractivity contribution in [2.24, 2.45) is 0 Å². The lowest BCUT2D eigenvalue weighted by molar-refractivity contribution is 0.0950. The molecule has 1 aromatic carbocycles. The Morgan fingerprint density at radius 3 is 2.88 bits per heavy atom. The average Bonchev–Trinajstić information content (AvgIpc) is 2.67. The fourth-order valence-corrected chi connectivity index (χ4v) is 3.31. The number of carbonyl (C=O) groups is 1. The van der Waals surface area contributed by atoms with Gasteiger partial charge in [0.15, 0.2) is 0 Å². The molecule has 1 aromatic heterocycles. The zero-order valence-corrected chi connectivity index (χ0v) is 15.4. The van der Waals surface area contributed by atoms with E-state index in [1.807, 2.05) is 43.5 Å². The predicted molar refractivity (Wildman–Crippen MR) is 101 cm³/mol. The molecule has 1 aliphatic rings. The molecular weight excluding hydrogens is 334 g/mol. The molecule has 0 spiro atoms. The Morgan fingerprint density at radius 2 is 2.12 bits per heavy atom. The van der Waals surface area contributed by atoms with Gasteiger partial charge in [-0.1, -0.05) is 12.1 Å². The molecule has 0 aliphatic carbocycles. The topological polar surface area (TPSA) is 54.5 Å². The van der Waals surface area contributed by atoms with Crippen molar-refractivity contribution in [1.82, 2.24) is 10.3 Å². The monoisotopic (exact) mass is 357 g/mol. The summed E-state index contributed by atoms with van der Waals surface area (Å²) in [4.78, 5) is 20.4. The zero-order chi connectivity index (χ0) is 17.6. The lowest BCUT2D eigenvalue weighted by atomic mass is 10.1. The molecule has 5 nitrogen and oxygen atoms in total. The first-order chi connectivity index (χ1) is 12.2. The number of thioether (sulfide) groups is 1. The minimum atomic E-state index is -0.0508. The van der Waals surface area contributed by atoms with Crippen LogP contribution in [0.25, 0.3) is 0 Å². The summed E-state index contributed by atoms with van der Waals surface area (Å²) in [6, 6.07) is 9.90. The Hall–Kier alpha value is -2.05. The van der Waals surface area contributed by atoms with Gasteiger partial charge < -0.3 is 15.0 Å². The zero-order valence-electron chi connectivity index (χ0n) is 14.6. The molecule has 0 atom stereocenters. The van der Waals surface area contributed by atoms with Gasteiger partial charge in [0.2, 0.25) is 0 Å². The van der Waals surface area contributed by atoms with Gasteiger partial charge in [0.05, 0.1) is 13.2 Å². The van der Waals surface area contributed by atoms with Crippen LogP contribution in [0, 0.1) is 6.92 Å². The third-order valence-electron chi connectivity index (χ3n) is 4.31. The Bertz CT molecular complexity index is 745. The minimum Gasteiger partial charge on any atom is -0.378 e. The summed E-state index contributed by atoms with van der Waals surface area (Å²) in [5.41, 5.74) is 2.73. The summed E-state index contributed by atoms with van der Waals surface area (Å²) in [5, 5.41) is 3.04. The number of aromatic nitrogens is 1. The van der Waals surface area contributed by atoms with Crippen molar-refractivity contribution < 1.29 is 9.53 Å². The van der Waals surface area contributed by atoms with Crippen molar-refractivity contribution in [3.8, 4) is 0 Å². The molecule has 2 aromatic rings. The van der Waals surface area contributed by atoms with Crippen molar-refractivity contribution >= 4 is 23.5 Å². The Labute approximate surface area is 152 Å². The molecule has 2 heterocycles. The molecule has 1 aliphatic heterocycles. The van der Waals surface area contributed by atoms with E-state index in [0.717, 1.165) is 40.5 Å². The normalized spacial score (nSPS) is 14.4. The first kappa shape index (κ1) is 17.8. The number of pyridine rings is 1. The van der Waals surface area contributed by atoms with E-state index in [1.54, 1.807) is 18.0 Å². The Kier molecular flexibility index (Phi) is 5.94. The Balaban J connectivity index is 1.72. The highest BCUT2D eigenvalue weighted by Gasteiger charge is 2.17. The number of aryl methyl sites for hydroxylation is 1. The molecule has 1 fully saturated rings. The fourth-order valence-electron chi connectivity index (χ4n) is 2.87. The highest BCUT2D eigenvalue weighted by atomic mass is 32.2. The largest absolute Gasteiger partial charge is 0.378 e. The molecule has 1 saturated heterocycles. The lowest BCUT2D eigenvalue weighted by Gasteiger charge is -2.29. The van der Waals surface area contributed by atoms with E-state index in [-0.39, 0.29) is 5.91 Å². The van der Waals surface area contributed by atoms with Crippen LogP contribution in [0.3, 0.4) is 0 Å². The quantitative estimate of drug-likeness (QED) is 0.834. The first-order valence-electron chi connectivity index (χ1n) is 8.38. The number of carbonyl (C=O) groups excluding carboxylic acids is 1. The van der Waals surface area contributed by atoms with Gasteiger partial charge in [-0.25, -0.2) is 4.98 Å². The van der Waals surface area contributed by atoms with Crippen molar-refractivity contribution in [3.63, 3.8) is 0 Å². The highest BCUT2D eigenvalue weighted by Crippen LogP contribution is 2.21. The van der Waals surface area contributed by atoms with E-state index < -0.39 is 0 Å². The molecule has 0 radical (unpaired) electrons. The van der Waals surface area contributed by atoms with Crippen molar-refractivity contribution in [2.75, 3.05) is 37.5 Å². The second-order valence-corrected chi connectivity index (χ2v) is 6.83. The molecule has 0 saturated carbocycles. The number of hydrogen-bond acceptors (Lipinski definition) is 5. The average molecular weight is 357 g/mol. The molecule has 132 valence electrons. The maximum atomic E-state index is 12.6. The van der Waals surface area contributed by atoms with Gasteiger partial charge in [-0.15, -0.1) is 11.8 Å².